The molecule has 3 rings (SSSR count). The molecule has 2 aromatic carbocycles. The molecule has 0 aliphatic carbocycles. The van der Waals surface area contributed by atoms with Gasteiger partial charge in [0.05, 0.1) is 11.4 Å². The van der Waals surface area contributed by atoms with Gasteiger partial charge in [0.15, 0.2) is 0 Å². The summed E-state index contributed by atoms with van der Waals surface area (Å²) in [4.78, 5) is 37.9. The first-order valence-corrected chi connectivity index (χ1v) is 7.78. The van der Waals surface area contributed by atoms with Gasteiger partial charge in [0.1, 0.15) is 11.7 Å². The summed E-state index contributed by atoms with van der Waals surface area (Å²) in [6.07, 6.45) is 0. The maximum atomic E-state index is 13.7. The number of imide groups is 1. The molecule has 1 unspecified atom stereocenters. The molecule has 6 nitrogen and oxygen atoms in total. The zero-order valence-electron chi connectivity index (χ0n) is 12.8. The number of carbonyl (C=O) groups is 3. The number of nitrogens with one attached hydrogen (secondary N) is 2. The zero-order valence-corrected chi connectivity index (χ0v) is 13.6. The highest BCUT2D eigenvalue weighted by Gasteiger charge is 2.39. The van der Waals surface area contributed by atoms with Crippen molar-refractivity contribution >= 4 is 40.8 Å². The molecule has 0 spiro atoms. The number of halogens is 2. The summed E-state index contributed by atoms with van der Waals surface area (Å²) in [5.41, 5.74) is 0.255. The summed E-state index contributed by atoms with van der Waals surface area (Å²) in [5, 5.41) is 5.30. The Balaban J connectivity index is 1.82. The lowest BCUT2D eigenvalue weighted by Crippen LogP contribution is -2.58. The molecule has 1 fully saturated rings. The van der Waals surface area contributed by atoms with Gasteiger partial charge in [-0.05, 0) is 36.4 Å². The van der Waals surface area contributed by atoms with Crippen LogP contribution in [-0.4, -0.2) is 24.4 Å². The first-order valence-electron chi connectivity index (χ1n) is 7.40. The van der Waals surface area contributed by atoms with Crippen LogP contribution in [0.25, 0.3) is 0 Å². The van der Waals surface area contributed by atoms with Crippen LogP contribution >= 0.6 is 11.6 Å². The van der Waals surface area contributed by atoms with Gasteiger partial charge in [0.2, 0.25) is 11.8 Å². The smallest absolute Gasteiger partial charge is 0.328 e. The first-order chi connectivity index (χ1) is 12.0. The SMILES string of the molecule is O=C(Nc1ccccc1F)C1CNC(=O)N(c2ccc(Cl)cc2)C1=O. The van der Waals surface area contributed by atoms with Crippen LogP contribution in [0.2, 0.25) is 5.02 Å². The van der Waals surface area contributed by atoms with Crippen molar-refractivity contribution in [3.8, 4) is 0 Å². The van der Waals surface area contributed by atoms with E-state index >= 15 is 0 Å². The molecule has 1 atom stereocenters. The lowest BCUT2D eigenvalue weighted by molar-refractivity contribution is -0.130. The summed E-state index contributed by atoms with van der Waals surface area (Å²) in [6, 6.07) is 11.0. The Morgan fingerprint density at radius 1 is 1.16 bits per heavy atom. The molecule has 0 aromatic heterocycles. The average molecular weight is 362 g/mol. The summed E-state index contributed by atoms with van der Waals surface area (Å²) in [5.74, 6) is -3.18. The van der Waals surface area contributed by atoms with E-state index in [1.54, 1.807) is 6.07 Å². The fourth-order valence-electron chi connectivity index (χ4n) is 2.43. The van der Waals surface area contributed by atoms with Crippen LogP contribution in [0.15, 0.2) is 48.5 Å². The molecule has 0 saturated carbocycles. The highest BCUT2D eigenvalue weighted by atomic mass is 35.5. The van der Waals surface area contributed by atoms with Gasteiger partial charge in [-0.2, -0.15) is 0 Å². The van der Waals surface area contributed by atoms with Crippen LogP contribution in [0.4, 0.5) is 20.6 Å². The molecule has 1 aliphatic rings. The Morgan fingerprint density at radius 2 is 1.84 bits per heavy atom. The molecule has 1 aliphatic heterocycles. The van der Waals surface area contributed by atoms with Gasteiger partial charge in [-0.15, -0.1) is 0 Å². The van der Waals surface area contributed by atoms with Gasteiger partial charge >= 0.3 is 6.03 Å². The highest BCUT2D eigenvalue weighted by Crippen LogP contribution is 2.23. The number of nitrogens with zero attached hydrogens (tertiary/aromatic N) is 1. The quantitative estimate of drug-likeness (QED) is 0.825. The Hall–Kier alpha value is -2.93. The van der Waals surface area contributed by atoms with Crippen molar-refractivity contribution in [1.29, 1.82) is 0 Å². The first kappa shape index (κ1) is 16.9. The lowest BCUT2D eigenvalue weighted by Gasteiger charge is -2.30. The second-order valence-corrected chi connectivity index (χ2v) is 5.79. The lowest BCUT2D eigenvalue weighted by atomic mass is 10.0. The van der Waals surface area contributed by atoms with Gasteiger partial charge in [0, 0.05) is 11.6 Å². The maximum Gasteiger partial charge on any atom is 0.328 e. The molecule has 4 amide bonds. The van der Waals surface area contributed by atoms with E-state index in [0.29, 0.717) is 5.02 Å². The Morgan fingerprint density at radius 3 is 2.52 bits per heavy atom. The summed E-state index contributed by atoms with van der Waals surface area (Å²) in [7, 11) is 0. The van der Waals surface area contributed by atoms with Crippen molar-refractivity contribution in [3.63, 3.8) is 0 Å². The van der Waals surface area contributed by atoms with E-state index in [4.69, 9.17) is 11.6 Å². The molecule has 2 aromatic rings. The van der Waals surface area contributed by atoms with Gasteiger partial charge in [0.25, 0.3) is 0 Å². The van der Waals surface area contributed by atoms with E-state index in [2.05, 4.69) is 10.6 Å². The Labute approximate surface area is 147 Å². The van der Waals surface area contributed by atoms with Crippen molar-refractivity contribution in [2.45, 2.75) is 0 Å². The minimum absolute atomic E-state index is 0.0322. The van der Waals surface area contributed by atoms with Gasteiger partial charge in [-0.1, -0.05) is 23.7 Å². The van der Waals surface area contributed by atoms with Crippen LogP contribution in [-0.2, 0) is 9.59 Å². The van der Waals surface area contributed by atoms with Crippen molar-refractivity contribution in [2.24, 2.45) is 5.92 Å². The van der Waals surface area contributed by atoms with Crippen LogP contribution in [0.5, 0.6) is 0 Å². The fraction of sp³-hybridized carbons (Fsp3) is 0.118. The fourth-order valence-corrected chi connectivity index (χ4v) is 2.56. The van der Waals surface area contributed by atoms with E-state index in [9.17, 15) is 18.8 Å². The molecule has 1 saturated heterocycles. The van der Waals surface area contributed by atoms with E-state index < -0.39 is 29.6 Å². The maximum absolute atomic E-state index is 13.7. The third-order valence-electron chi connectivity index (χ3n) is 3.71. The molecule has 0 radical (unpaired) electrons. The number of anilines is 2. The summed E-state index contributed by atoms with van der Waals surface area (Å²) < 4.78 is 13.7. The van der Waals surface area contributed by atoms with Gasteiger partial charge < -0.3 is 10.6 Å². The number of para-hydroxylation sites is 1. The third-order valence-corrected chi connectivity index (χ3v) is 3.96. The number of benzene rings is 2. The Bertz CT molecular complexity index is 841. The normalized spacial score (nSPS) is 17.2. The number of carbonyl (C=O) groups excluding carboxylic acids is 3. The standard InChI is InChI=1S/C17H13ClFN3O3/c18-10-5-7-11(8-6-10)22-16(24)12(9-20-17(22)25)15(23)21-14-4-2-1-3-13(14)19/h1-8,12H,9H2,(H,20,25)(H,21,23). The average Bonchev–Trinajstić information content (AvgIpc) is 2.58. The van der Waals surface area contributed by atoms with E-state index in [1.165, 1.54) is 42.5 Å². The van der Waals surface area contributed by atoms with Crippen molar-refractivity contribution in [2.75, 3.05) is 16.8 Å². The summed E-state index contributed by atoms with van der Waals surface area (Å²) in [6.45, 7) is -0.165. The third kappa shape index (κ3) is 3.46. The van der Waals surface area contributed by atoms with Crippen LogP contribution in [0, 0.1) is 11.7 Å². The Kier molecular flexibility index (Phi) is 4.67. The van der Waals surface area contributed by atoms with E-state index in [1.807, 2.05) is 0 Å². The zero-order chi connectivity index (χ0) is 18.0. The number of hydrogen-bond acceptors (Lipinski definition) is 3. The van der Waals surface area contributed by atoms with Crippen LogP contribution in [0.1, 0.15) is 0 Å². The molecular weight excluding hydrogens is 349 g/mol. The monoisotopic (exact) mass is 361 g/mol. The molecule has 128 valence electrons. The second kappa shape index (κ2) is 6.90. The number of rotatable bonds is 3. The summed E-state index contributed by atoms with van der Waals surface area (Å²) >= 11 is 5.80. The minimum Gasteiger partial charge on any atom is -0.336 e. The number of amides is 4. The predicted octanol–water partition coefficient (Wildman–Crippen LogP) is 2.79. The molecule has 2 N–H and O–H groups in total. The minimum atomic E-state index is -1.17. The van der Waals surface area contributed by atoms with E-state index in [-0.39, 0.29) is 17.9 Å². The molecule has 0 bridgehead atoms. The van der Waals surface area contributed by atoms with Crippen molar-refractivity contribution < 1.29 is 18.8 Å². The number of urea groups is 1. The highest BCUT2D eigenvalue weighted by molar-refractivity contribution is 6.30. The molecule has 25 heavy (non-hydrogen) atoms. The van der Waals surface area contributed by atoms with Crippen LogP contribution in [0.3, 0.4) is 0 Å². The largest absolute Gasteiger partial charge is 0.336 e. The van der Waals surface area contributed by atoms with Crippen molar-refractivity contribution in [1.82, 2.24) is 5.32 Å². The van der Waals surface area contributed by atoms with Gasteiger partial charge in [-0.3, -0.25) is 9.59 Å². The number of hydrogen-bond donors (Lipinski definition) is 2. The van der Waals surface area contributed by atoms with Crippen LogP contribution < -0.4 is 15.5 Å². The molecule has 1 heterocycles. The molecule has 8 heteroatoms. The van der Waals surface area contributed by atoms with E-state index in [0.717, 1.165) is 4.90 Å². The van der Waals surface area contributed by atoms with Gasteiger partial charge in [-0.25, -0.2) is 14.1 Å². The van der Waals surface area contributed by atoms with Crippen molar-refractivity contribution in [3.05, 3.63) is 59.4 Å². The predicted molar refractivity (Wildman–Crippen MR) is 90.9 cm³/mol. The molecular formula is C17H13ClFN3O3. The second-order valence-electron chi connectivity index (χ2n) is 5.36. The topological polar surface area (TPSA) is 78.5 Å².